The van der Waals surface area contributed by atoms with Crippen LogP contribution in [0.1, 0.15) is 35.6 Å². The molecular weight excluding hydrogens is 263 g/mol. The van der Waals surface area contributed by atoms with E-state index in [0.29, 0.717) is 11.6 Å². The molecule has 2 aromatic rings. The van der Waals surface area contributed by atoms with E-state index in [1.165, 1.54) is 36.4 Å². The molecule has 0 N–H and O–H groups in total. The standard InChI is InChI=1S/C15H16ClFN2/c1-10-18-14-4-2-3-5-15(14)19(10)9-11-6-7-12(17)8-13(11)16/h6-8H,2-5,9H2,1H3. The Labute approximate surface area is 117 Å². The van der Waals surface area contributed by atoms with Crippen molar-refractivity contribution in [1.29, 1.82) is 0 Å². The third kappa shape index (κ3) is 2.39. The summed E-state index contributed by atoms with van der Waals surface area (Å²) >= 11 is 6.11. The third-order valence-corrected chi connectivity index (χ3v) is 4.12. The van der Waals surface area contributed by atoms with Crippen LogP contribution in [0.25, 0.3) is 0 Å². The molecule has 19 heavy (non-hydrogen) atoms. The molecule has 1 aliphatic carbocycles. The number of hydrogen-bond acceptors (Lipinski definition) is 1. The fraction of sp³-hybridized carbons (Fsp3) is 0.400. The third-order valence-electron chi connectivity index (χ3n) is 3.77. The molecule has 1 aliphatic rings. The van der Waals surface area contributed by atoms with Gasteiger partial charge in [-0.05, 0) is 50.3 Å². The fourth-order valence-electron chi connectivity index (χ4n) is 2.77. The SMILES string of the molecule is Cc1nc2c(n1Cc1ccc(F)cc1Cl)CCCC2. The van der Waals surface area contributed by atoms with Gasteiger partial charge in [-0.15, -0.1) is 0 Å². The number of imidazole rings is 1. The predicted molar refractivity (Wildman–Crippen MR) is 74.1 cm³/mol. The van der Waals surface area contributed by atoms with Crippen molar-refractivity contribution in [2.24, 2.45) is 0 Å². The van der Waals surface area contributed by atoms with Crippen molar-refractivity contribution in [3.05, 3.63) is 51.8 Å². The van der Waals surface area contributed by atoms with Gasteiger partial charge in [-0.25, -0.2) is 9.37 Å². The van der Waals surface area contributed by atoms with E-state index in [1.807, 2.05) is 6.92 Å². The Bertz CT molecular complexity index is 619. The lowest BCUT2D eigenvalue weighted by Crippen LogP contribution is -2.10. The average molecular weight is 279 g/mol. The van der Waals surface area contributed by atoms with Crippen LogP contribution in [0.3, 0.4) is 0 Å². The molecule has 3 rings (SSSR count). The second-order valence-electron chi connectivity index (χ2n) is 5.08. The van der Waals surface area contributed by atoms with E-state index in [1.54, 1.807) is 6.07 Å². The van der Waals surface area contributed by atoms with Gasteiger partial charge >= 0.3 is 0 Å². The van der Waals surface area contributed by atoms with Crippen molar-refractivity contribution < 1.29 is 4.39 Å². The van der Waals surface area contributed by atoms with E-state index >= 15 is 0 Å². The van der Waals surface area contributed by atoms with Crippen molar-refractivity contribution in [1.82, 2.24) is 9.55 Å². The maximum absolute atomic E-state index is 13.1. The van der Waals surface area contributed by atoms with Gasteiger partial charge in [0.05, 0.1) is 12.2 Å². The van der Waals surface area contributed by atoms with Gasteiger partial charge in [0.25, 0.3) is 0 Å². The van der Waals surface area contributed by atoms with Gasteiger partial charge in [-0.3, -0.25) is 0 Å². The molecule has 0 saturated heterocycles. The molecule has 2 nitrogen and oxygen atoms in total. The molecule has 100 valence electrons. The normalized spacial score (nSPS) is 14.5. The van der Waals surface area contributed by atoms with Crippen LogP contribution >= 0.6 is 11.6 Å². The quantitative estimate of drug-likeness (QED) is 0.814. The number of halogens is 2. The minimum atomic E-state index is -0.293. The average Bonchev–Trinajstić information content (AvgIpc) is 2.69. The maximum atomic E-state index is 13.1. The second-order valence-corrected chi connectivity index (χ2v) is 5.49. The first kappa shape index (κ1) is 12.7. The van der Waals surface area contributed by atoms with Crippen LogP contribution < -0.4 is 0 Å². The Morgan fingerprint density at radius 2 is 2.11 bits per heavy atom. The molecule has 1 heterocycles. The molecule has 0 spiro atoms. The smallest absolute Gasteiger partial charge is 0.124 e. The van der Waals surface area contributed by atoms with Crippen molar-refractivity contribution in [2.45, 2.75) is 39.2 Å². The van der Waals surface area contributed by atoms with Gasteiger partial charge in [0.1, 0.15) is 11.6 Å². The zero-order chi connectivity index (χ0) is 13.4. The number of rotatable bonds is 2. The Kier molecular flexibility index (Phi) is 3.31. The van der Waals surface area contributed by atoms with E-state index in [4.69, 9.17) is 11.6 Å². The number of aromatic nitrogens is 2. The van der Waals surface area contributed by atoms with Crippen LogP contribution in [0.15, 0.2) is 18.2 Å². The summed E-state index contributed by atoms with van der Waals surface area (Å²) in [5, 5.41) is 0.484. The topological polar surface area (TPSA) is 17.8 Å². The van der Waals surface area contributed by atoms with Crippen molar-refractivity contribution in [2.75, 3.05) is 0 Å². The Balaban J connectivity index is 1.97. The van der Waals surface area contributed by atoms with E-state index < -0.39 is 0 Å². The van der Waals surface area contributed by atoms with Crippen molar-refractivity contribution in [3.63, 3.8) is 0 Å². The molecule has 1 aromatic heterocycles. The molecule has 0 atom stereocenters. The first-order chi connectivity index (χ1) is 9.15. The van der Waals surface area contributed by atoms with Gasteiger partial charge in [-0.2, -0.15) is 0 Å². The number of benzene rings is 1. The first-order valence-electron chi connectivity index (χ1n) is 6.64. The zero-order valence-corrected chi connectivity index (χ0v) is 11.7. The van der Waals surface area contributed by atoms with Crippen LogP contribution in [-0.4, -0.2) is 9.55 Å². The summed E-state index contributed by atoms with van der Waals surface area (Å²) in [4.78, 5) is 4.64. The highest BCUT2D eigenvalue weighted by Crippen LogP contribution is 2.25. The predicted octanol–water partition coefficient (Wildman–Crippen LogP) is 3.91. The van der Waals surface area contributed by atoms with Crippen molar-refractivity contribution in [3.8, 4) is 0 Å². The second kappa shape index (κ2) is 4.97. The highest BCUT2D eigenvalue weighted by Gasteiger charge is 2.18. The molecule has 0 saturated carbocycles. The van der Waals surface area contributed by atoms with Gasteiger partial charge in [0.15, 0.2) is 0 Å². The molecule has 0 bridgehead atoms. The minimum absolute atomic E-state index is 0.293. The van der Waals surface area contributed by atoms with Gasteiger partial charge in [0, 0.05) is 10.7 Å². The highest BCUT2D eigenvalue weighted by molar-refractivity contribution is 6.31. The van der Waals surface area contributed by atoms with Crippen LogP contribution in [0.2, 0.25) is 5.02 Å². The van der Waals surface area contributed by atoms with Crippen molar-refractivity contribution >= 4 is 11.6 Å². The fourth-order valence-corrected chi connectivity index (χ4v) is 2.99. The largest absolute Gasteiger partial charge is 0.328 e. The van der Waals surface area contributed by atoms with Crippen LogP contribution in [0.5, 0.6) is 0 Å². The molecule has 1 aromatic carbocycles. The van der Waals surface area contributed by atoms with E-state index in [0.717, 1.165) is 24.2 Å². The summed E-state index contributed by atoms with van der Waals surface area (Å²) in [6.45, 7) is 2.70. The molecule has 4 heteroatoms. The lowest BCUT2D eigenvalue weighted by Gasteiger charge is -2.15. The Morgan fingerprint density at radius 3 is 2.89 bits per heavy atom. The summed E-state index contributed by atoms with van der Waals surface area (Å²) < 4.78 is 15.3. The van der Waals surface area contributed by atoms with E-state index in [-0.39, 0.29) is 5.82 Å². The molecular formula is C15H16ClFN2. The molecule has 0 aliphatic heterocycles. The summed E-state index contributed by atoms with van der Waals surface area (Å²) in [6, 6.07) is 4.59. The summed E-state index contributed by atoms with van der Waals surface area (Å²) in [5.41, 5.74) is 3.49. The summed E-state index contributed by atoms with van der Waals surface area (Å²) in [5.74, 6) is 0.727. The first-order valence-corrected chi connectivity index (χ1v) is 7.02. The van der Waals surface area contributed by atoms with Crippen LogP contribution in [0, 0.1) is 12.7 Å². The zero-order valence-electron chi connectivity index (χ0n) is 10.9. The van der Waals surface area contributed by atoms with Gasteiger partial charge in [0.2, 0.25) is 0 Å². The maximum Gasteiger partial charge on any atom is 0.124 e. The summed E-state index contributed by atoms with van der Waals surface area (Å²) in [7, 11) is 0. The molecule has 0 fully saturated rings. The highest BCUT2D eigenvalue weighted by atomic mass is 35.5. The lowest BCUT2D eigenvalue weighted by atomic mass is 10.0. The van der Waals surface area contributed by atoms with Crippen LogP contribution in [-0.2, 0) is 19.4 Å². The van der Waals surface area contributed by atoms with E-state index in [2.05, 4.69) is 9.55 Å². The molecule has 0 radical (unpaired) electrons. The monoisotopic (exact) mass is 278 g/mol. The van der Waals surface area contributed by atoms with Gasteiger partial charge in [-0.1, -0.05) is 17.7 Å². The summed E-state index contributed by atoms with van der Waals surface area (Å²) in [6.07, 6.45) is 4.59. The number of fused-ring (bicyclic) bond motifs is 1. The Hall–Kier alpha value is -1.35. The Morgan fingerprint density at radius 1 is 1.32 bits per heavy atom. The molecule has 0 amide bonds. The number of hydrogen-bond donors (Lipinski definition) is 0. The van der Waals surface area contributed by atoms with Crippen LogP contribution in [0.4, 0.5) is 4.39 Å². The minimum Gasteiger partial charge on any atom is -0.328 e. The van der Waals surface area contributed by atoms with E-state index in [9.17, 15) is 4.39 Å². The number of nitrogens with zero attached hydrogens (tertiary/aromatic N) is 2. The number of aryl methyl sites for hydroxylation is 2. The van der Waals surface area contributed by atoms with Gasteiger partial charge < -0.3 is 4.57 Å². The lowest BCUT2D eigenvalue weighted by molar-refractivity contribution is 0.618. The molecule has 0 unspecified atom stereocenters.